The molecule has 0 radical (unpaired) electrons. The van der Waals surface area contributed by atoms with Gasteiger partial charge in [-0.1, -0.05) is 19.1 Å². The zero-order valence-electron chi connectivity index (χ0n) is 9.32. The molecule has 0 saturated carbocycles. The third-order valence-electron chi connectivity index (χ3n) is 2.30. The average Bonchev–Trinajstić information content (AvgIpc) is 2.30. The molecule has 0 aliphatic carbocycles. The summed E-state index contributed by atoms with van der Waals surface area (Å²) in [5.41, 5.74) is 0.933. The van der Waals surface area contributed by atoms with Gasteiger partial charge in [0.1, 0.15) is 6.10 Å². The lowest BCUT2D eigenvalue weighted by Gasteiger charge is -2.13. The Morgan fingerprint density at radius 3 is 2.40 bits per heavy atom. The largest absolute Gasteiger partial charge is 0.369 e. The number of Topliss-reactive ketones (excluding diaryl/α,β-unsaturated/α-hetero) is 1. The van der Waals surface area contributed by atoms with E-state index in [0.29, 0.717) is 6.42 Å². The molecule has 3 heteroatoms. The van der Waals surface area contributed by atoms with Crippen molar-refractivity contribution in [1.29, 1.82) is 0 Å². The fourth-order valence-electron chi connectivity index (χ4n) is 1.42. The lowest BCUT2D eigenvalue weighted by molar-refractivity contribution is -0.128. The third kappa shape index (κ3) is 3.08. The van der Waals surface area contributed by atoms with Crippen molar-refractivity contribution in [1.82, 2.24) is 0 Å². The van der Waals surface area contributed by atoms with Crippen LogP contribution in [-0.2, 0) is 9.53 Å². The van der Waals surface area contributed by atoms with E-state index in [-0.39, 0.29) is 5.78 Å². The highest BCUT2D eigenvalue weighted by Gasteiger charge is 2.17. The number of carbonyl (C=O) groups excluding carboxylic acids is 1. The Kier molecular flexibility index (Phi) is 4.85. The summed E-state index contributed by atoms with van der Waals surface area (Å²) < 4.78 is 5.21. The Balaban J connectivity index is 2.87. The van der Waals surface area contributed by atoms with Gasteiger partial charge in [-0.05, 0) is 24.0 Å². The molecule has 0 bridgehead atoms. The highest BCUT2D eigenvalue weighted by Crippen LogP contribution is 2.22. The van der Waals surface area contributed by atoms with Gasteiger partial charge in [-0.2, -0.15) is 0 Å². The quantitative estimate of drug-likeness (QED) is 0.719. The van der Waals surface area contributed by atoms with E-state index in [1.165, 1.54) is 4.90 Å². The molecule has 1 aromatic rings. The first-order chi connectivity index (χ1) is 7.22. The van der Waals surface area contributed by atoms with Crippen molar-refractivity contribution in [3.63, 3.8) is 0 Å². The van der Waals surface area contributed by atoms with Crippen molar-refractivity contribution >= 4 is 17.5 Å². The summed E-state index contributed by atoms with van der Waals surface area (Å²) in [5, 5.41) is 0. The molecule has 1 rings (SSSR count). The average molecular weight is 224 g/mol. The van der Waals surface area contributed by atoms with Gasteiger partial charge in [0.05, 0.1) is 0 Å². The molecule has 1 aromatic carbocycles. The van der Waals surface area contributed by atoms with Crippen LogP contribution in [-0.4, -0.2) is 19.1 Å². The van der Waals surface area contributed by atoms with Crippen LogP contribution in [0.3, 0.4) is 0 Å². The number of hydrogen-bond donors (Lipinski definition) is 0. The van der Waals surface area contributed by atoms with Gasteiger partial charge in [0.15, 0.2) is 5.78 Å². The summed E-state index contributed by atoms with van der Waals surface area (Å²) in [6.07, 6.45) is 2.12. The zero-order chi connectivity index (χ0) is 11.3. The molecule has 0 fully saturated rings. The van der Waals surface area contributed by atoms with E-state index in [9.17, 15) is 4.79 Å². The number of methoxy groups -OCH3 is 1. The van der Waals surface area contributed by atoms with E-state index in [1.807, 2.05) is 37.4 Å². The van der Waals surface area contributed by atoms with Gasteiger partial charge in [0, 0.05) is 18.4 Å². The molecule has 82 valence electrons. The number of ether oxygens (including phenoxy) is 1. The van der Waals surface area contributed by atoms with Crippen LogP contribution in [0.15, 0.2) is 29.2 Å². The minimum absolute atomic E-state index is 0.120. The van der Waals surface area contributed by atoms with E-state index in [2.05, 4.69) is 0 Å². The zero-order valence-corrected chi connectivity index (χ0v) is 10.1. The molecule has 0 heterocycles. The summed E-state index contributed by atoms with van der Waals surface area (Å²) in [5.74, 6) is 0.120. The van der Waals surface area contributed by atoms with E-state index in [1.54, 1.807) is 18.9 Å². The van der Waals surface area contributed by atoms with Gasteiger partial charge in [0.25, 0.3) is 0 Å². The predicted molar refractivity (Wildman–Crippen MR) is 63.3 cm³/mol. The fourth-order valence-corrected chi connectivity index (χ4v) is 1.83. The standard InChI is InChI=1S/C12H16O2S/c1-4-11(13)12(14-2)9-5-7-10(15-3)8-6-9/h5-8,12H,4H2,1-3H3. The summed E-state index contributed by atoms with van der Waals surface area (Å²) in [4.78, 5) is 12.8. The maximum absolute atomic E-state index is 11.6. The maximum atomic E-state index is 11.6. The van der Waals surface area contributed by atoms with Crippen LogP contribution in [0.25, 0.3) is 0 Å². The van der Waals surface area contributed by atoms with E-state index in [0.717, 1.165) is 5.56 Å². The van der Waals surface area contributed by atoms with Crippen molar-refractivity contribution in [2.24, 2.45) is 0 Å². The summed E-state index contributed by atoms with van der Waals surface area (Å²) >= 11 is 1.69. The van der Waals surface area contributed by atoms with Crippen LogP contribution < -0.4 is 0 Å². The monoisotopic (exact) mass is 224 g/mol. The lowest BCUT2D eigenvalue weighted by Crippen LogP contribution is -2.13. The number of hydrogen-bond acceptors (Lipinski definition) is 3. The molecule has 0 spiro atoms. The normalized spacial score (nSPS) is 12.5. The Morgan fingerprint density at radius 1 is 1.40 bits per heavy atom. The second-order valence-electron chi connectivity index (χ2n) is 3.21. The molecule has 1 atom stereocenters. The minimum atomic E-state index is -0.411. The molecule has 1 unspecified atom stereocenters. The topological polar surface area (TPSA) is 26.3 Å². The second-order valence-corrected chi connectivity index (χ2v) is 4.09. The van der Waals surface area contributed by atoms with Crippen LogP contribution in [0.4, 0.5) is 0 Å². The number of ketones is 1. The van der Waals surface area contributed by atoms with Crippen LogP contribution in [0.1, 0.15) is 25.0 Å². The number of rotatable bonds is 5. The van der Waals surface area contributed by atoms with E-state index in [4.69, 9.17) is 4.74 Å². The highest BCUT2D eigenvalue weighted by atomic mass is 32.2. The lowest BCUT2D eigenvalue weighted by atomic mass is 10.0. The number of benzene rings is 1. The molecule has 15 heavy (non-hydrogen) atoms. The minimum Gasteiger partial charge on any atom is -0.369 e. The van der Waals surface area contributed by atoms with Crippen LogP contribution in [0.2, 0.25) is 0 Å². The molecule has 0 amide bonds. The Hall–Kier alpha value is -0.800. The molecule has 2 nitrogen and oxygen atoms in total. The predicted octanol–water partition coefficient (Wildman–Crippen LogP) is 3.08. The van der Waals surface area contributed by atoms with Gasteiger partial charge in [-0.25, -0.2) is 0 Å². The smallest absolute Gasteiger partial charge is 0.165 e. The molecular weight excluding hydrogens is 208 g/mol. The first-order valence-electron chi connectivity index (χ1n) is 4.92. The van der Waals surface area contributed by atoms with Crippen molar-refractivity contribution < 1.29 is 9.53 Å². The van der Waals surface area contributed by atoms with Crippen LogP contribution >= 0.6 is 11.8 Å². The van der Waals surface area contributed by atoms with Gasteiger partial charge in [0.2, 0.25) is 0 Å². The molecule has 0 aliphatic heterocycles. The van der Waals surface area contributed by atoms with Crippen molar-refractivity contribution in [2.45, 2.75) is 24.3 Å². The Labute approximate surface area is 95.0 Å². The maximum Gasteiger partial charge on any atom is 0.165 e. The SMILES string of the molecule is CCC(=O)C(OC)c1ccc(SC)cc1. The first kappa shape index (κ1) is 12.3. The first-order valence-corrected chi connectivity index (χ1v) is 6.14. The van der Waals surface area contributed by atoms with Gasteiger partial charge in [-0.3, -0.25) is 4.79 Å². The van der Waals surface area contributed by atoms with Gasteiger partial charge < -0.3 is 4.74 Å². The van der Waals surface area contributed by atoms with Gasteiger partial charge >= 0.3 is 0 Å². The number of carbonyl (C=O) groups is 1. The van der Waals surface area contributed by atoms with Crippen LogP contribution in [0.5, 0.6) is 0 Å². The second kappa shape index (κ2) is 5.93. The summed E-state index contributed by atoms with van der Waals surface area (Å²) in [7, 11) is 1.57. The molecule has 0 N–H and O–H groups in total. The van der Waals surface area contributed by atoms with E-state index >= 15 is 0 Å². The number of thioether (sulfide) groups is 1. The summed E-state index contributed by atoms with van der Waals surface area (Å²) in [6.45, 7) is 1.85. The molecule has 0 aliphatic rings. The van der Waals surface area contributed by atoms with Crippen molar-refractivity contribution in [2.75, 3.05) is 13.4 Å². The third-order valence-corrected chi connectivity index (χ3v) is 3.04. The Morgan fingerprint density at radius 2 is 2.00 bits per heavy atom. The van der Waals surface area contributed by atoms with E-state index < -0.39 is 6.10 Å². The molecular formula is C12H16O2S. The van der Waals surface area contributed by atoms with Crippen molar-refractivity contribution in [3.05, 3.63) is 29.8 Å². The molecule has 0 saturated heterocycles. The van der Waals surface area contributed by atoms with Gasteiger partial charge in [-0.15, -0.1) is 11.8 Å². The summed E-state index contributed by atoms with van der Waals surface area (Å²) in [6, 6.07) is 7.92. The molecule has 0 aromatic heterocycles. The fraction of sp³-hybridized carbons (Fsp3) is 0.417. The highest BCUT2D eigenvalue weighted by molar-refractivity contribution is 7.98. The van der Waals surface area contributed by atoms with Crippen molar-refractivity contribution in [3.8, 4) is 0 Å². The Bertz CT molecular complexity index is 319. The van der Waals surface area contributed by atoms with Crippen LogP contribution in [0, 0.1) is 0 Å².